The molecule has 0 saturated heterocycles. The minimum Gasteiger partial charge on any atom is -0.339 e. The van der Waals surface area contributed by atoms with Gasteiger partial charge in [0.05, 0.1) is 0 Å². The van der Waals surface area contributed by atoms with Crippen LogP contribution >= 0.6 is 0 Å². The maximum atomic E-state index is 13.2. The van der Waals surface area contributed by atoms with Gasteiger partial charge in [-0.05, 0) is 43.5 Å². The molecular weight excluding hydrogens is 245 g/mol. The Morgan fingerprint density at radius 2 is 2.21 bits per heavy atom. The summed E-state index contributed by atoms with van der Waals surface area (Å²) in [5.74, 6) is 1.13. The lowest BCUT2D eigenvalue weighted by Crippen LogP contribution is -2.11. The summed E-state index contributed by atoms with van der Waals surface area (Å²) in [5, 5.41) is 3.91. The van der Waals surface area contributed by atoms with Crippen molar-refractivity contribution >= 4 is 0 Å². The fourth-order valence-electron chi connectivity index (χ4n) is 1.79. The van der Waals surface area contributed by atoms with Gasteiger partial charge in [0.25, 0.3) is 0 Å². The third kappa shape index (κ3) is 3.38. The van der Waals surface area contributed by atoms with Crippen LogP contribution in [0, 0.1) is 18.7 Å². The van der Waals surface area contributed by atoms with Crippen molar-refractivity contribution in [2.45, 2.75) is 26.7 Å². The second kappa shape index (κ2) is 5.93. The predicted molar refractivity (Wildman–Crippen MR) is 71.0 cm³/mol. The van der Waals surface area contributed by atoms with Gasteiger partial charge in [-0.2, -0.15) is 4.98 Å². The van der Waals surface area contributed by atoms with Crippen molar-refractivity contribution in [2.24, 2.45) is 11.7 Å². The summed E-state index contributed by atoms with van der Waals surface area (Å²) in [7, 11) is 0. The van der Waals surface area contributed by atoms with E-state index in [2.05, 4.69) is 17.1 Å². The summed E-state index contributed by atoms with van der Waals surface area (Å²) >= 11 is 0. The van der Waals surface area contributed by atoms with Gasteiger partial charge in [0.2, 0.25) is 11.7 Å². The van der Waals surface area contributed by atoms with Crippen LogP contribution in [-0.2, 0) is 6.42 Å². The number of aromatic nitrogens is 2. The van der Waals surface area contributed by atoms with Crippen LogP contribution in [0.1, 0.15) is 24.8 Å². The van der Waals surface area contributed by atoms with E-state index in [4.69, 9.17) is 10.3 Å². The number of hydrogen-bond acceptors (Lipinski definition) is 4. The fourth-order valence-corrected chi connectivity index (χ4v) is 1.79. The predicted octanol–water partition coefficient (Wildman–Crippen LogP) is 2.71. The van der Waals surface area contributed by atoms with Crippen LogP contribution < -0.4 is 5.73 Å². The van der Waals surface area contributed by atoms with Crippen molar-refractivity contribution in [3.63, 3.8) is 0 Å². The minimum atomic E-state index is -0.302. The molecule has 5 heteroatoms. The summed E-state index contributed by atoms with van der Waals surface area (Å²) in [6.07, 6.45) is 1.60. The van der Waals surface area contributed by atoms with E-state index >= 15 is 0 Å². The number of nitrogens with zero attached hydrogens (tertiary/aromatic N) is 2. The zero-order valence-electron chi connectivity index (χ0n) is 11.2. The molecule has 0 bridgehead atoms. The van der Waals surface area contributed by atoms with Gasteiger partial charge < -0.3 is 10.3 Å². The highest BCUT2D eigenvalue weighted by Crippen LogP contribution is 2.22. The molecular formula is C14H18FN3O. The highest BCUT2D eigenvalue weighted by Gasteiger charge is 2.12. The molecule has 0 radical (unpaired) electrons. The van der Waals surface area contributed by atoms with Crippen molar-refractivity contribution in [3.05, 3.63) is 35.5 Å². The molecule has 1 aromatic carbocycles. The van der Waals surface area contributed by atoms with E-state index in [0.29, 0.717) is 36.2 Å². The molecule has 1 atom stereocenters. The lowest BCUT2D eigenvalue weighted by molar-refractivity contribution is 0.366. The lowest BCUT2D eigenvalue weighted by Gasteiger charge is -2.04. The molecule has 2 rings (SSSR count). The van der Waals surface area contributed by atoms with Crippen molar-refractivity contribution in [2.75, 3.05) is 6.54 Å². The highest BCUT2D eigenvalue weighted by atomic mass is 19.1. The molecule has 102 valence electrons. The minimum absolute atomic E-state index is 0.302. The maximum Gasteiger partial charge on any atom is 0.226 e. The second-order valence-electron chi connectivity index (χ2n) is 4.85. The maximum absolute atomic E-state index is 13.2. The van der Waals surface area contributed by atoms with Crippen LogP contribution in [0.2, 0.25) is 0 Å². The number of halogens is 1. The summed E-state index contributed by atoms with van der Waals surface area (Å²) in [6.45, 7) is 4.61. The second-order valence-corrected chi connectivity index (χ2v) is 4.85. The molecule has 19 heavy (non-hydrogen) atoms. The van der Waals surface area contributed by atoms with Gasteiger partial charge in [0, 0.05) is 12.0 Å². The molecule has 0 aliphatic heterocycles. The molecule has 0 spiro atoms. The number of aryl methyl sites for hydroxylation is 2. The van der Waals surface area contributed by atoms with Gasteiger partial charge in [-0.25, -0.2) is 4.39 Å². The van der Waals surface area contributed by atoms with E-state index in [1.165, 1.54) is 12.1 Å². The smallest absolute Gasteiger partial charge is 0.226 e. The summed E-state index contributed by atoms with van der Waals surface area (Å²) in [5.41, 5.74) is 7.15. The molecule has 0 saturated carbocycles. The van der Waals surface area contributed by atoms with Crippen molar-refractivity contribution < 1.29 is 8.91 Å². The third-order valence-electron chi connectivity index (χ3n) is 3.16. The molecule has 0 aliphatic carbocycles. The Balaban J connectivity index is 2.14. The first-order chi connectivity index (χ1) is 9.10. The van der Waals surface area contributed by atoms with Gasteiger partial charge in [-0.3, -0.25) is 0 Å². The SMILES string of the molecule is Cc1ccc(F)cc1-c1noc(CCC(C)CN)n1. The van der Waals surface area contributed by atoms with Crippen molar-refractivity contribution in [1.82, 2.24) is 10.1 Å². The summed E-state index contributed by atoms with van der Waals surface area (Å²) in [6, 6.07) is 4.55. The fraction of sp³-hybridized carbons (Fsp3) is 0.429. The Labute approximate surface area is 111 Å². The largest absolute Gasteiger partial charge is 0.339 e. The van der Waals surface area contributed by atoms with Crippen LogP contribution in [0.3, 0.4) is 0 Å². The topological polar surface area (TPSA) is 64.9 Å². The highest BCUT2D eigenvalue weighted by molar-refractivity contribution is 5.59. The van der Waals surface area contributed by atoms with Crippen molar-refractivity contribution in [1.29, 1.82) is 0 Å². The first-order valence-corrected chi connectivity index (χ1v) is 6.39. The normalized spacial score (nSPS) is 12.6. The molecule has 1 heterocycles. The first kappa shape index (κ1) is 13.7. The first-order valence-electron chi connectivity index (χ1n) is 6.39. The van der Waals surface area contributed by atoms with Crippen LogP contribution in [0.15, 0.2) is 22.7 Å². The van der Waals surface area contributed by atoms with Gasteiger partial charge in [0.15, 0.2) is 0 Å². The van der Waals surface area contributed by atoms with Crippen LogP contribution in [0.25, 0.3) is 11.4 Å². The Kier molecular flexibility index (Phi) is 4.27. The van der Waals surface area contributed by atoms with Crippen LogP contribution in [-0.4, -0.2) is 16.7 Å². The average molecular weight is 263 g/mol. The zero-order chi connectivity index (χ0) is 13.8. The summed E-state index contributed by atoms with van der Waals surface area (Å²) in [4.78, 5) is 4.30. The van der Waals surface area contributed by atoms with Crippen LogP contribution in [0.4, 0.5) is 4.39 Å². The van der Waals surface area contributed by atoms with Gasteiger partial charge in [0.1, 0.15) is 5.82 Å². The van der Waals surface area contributed by atoms with E-state index in [-0.39, 0.29) is 5.82 Å². The average Bonchev–Trinajstić information content (AvgIpc) is 2.87. The zero-order valence-corrected chi connectivity index (χ0v) is 11.2. The van der Waals surface area contributed by atoms with Gasteiger partial charge in [-0.1, -0.05) is 18.1 Å². The molecule has 2 N–H and O–H groups in total. The Hall–Kier alpha value is -1.75. The van der Waals surface area contributed by atoms with Crippen LogP contribution in [0.5, 0.6) is 0 Å². The number of rotatable bonds is 5. The molecule has 1 unspecified atom stereocenters. The van der Waals surface area contributed by atoms with E-state index in [0.717, 1.165) is 12.0 Å². The van der Waals surface area contributed by atoms with Gasteiger partial charge >= 0.3 is 0 Å². The Morgan fingerprint density at radius 3 is 2.95 bits per heavy atom. The monoisotopic (exact) mass is 263 g/mol. The molecule has 1 aromatic heterocycles. The van der Waals surface area contributed by atoms with E-state index in [9.17, 15) is 4.39 Å². The number of nitrogens with two attached hydrogens (primary N) is 1. The molecule has 2 aromatic rings. The van der Waals surface area contributed by atoms with Gasteiger partial charge in [-0.15, -0.1) is 0 Å². The molecule has 0 amide bonds. The summed E-state index contributed by atoms with van der Waals surface area (Å²) < 4.78 is 18.4. The van der Waals surface area contributed by atoms with Crippen molar-refractivity contribution in [3.8, 4) is 11.4 Å². The van der Waals surface area contributed by atoms with E-state index in [1.54, 1.807) is 6.07 Å². The number of benzene rings is 1. The standard InChI is InChI=1S/C14H18FN3O/c1-9(8-16)3-6-13-17-14(18-19-13)12-7-11(15)5-4-10(12)2/h4-5,7,9H,3,6,8,16H2,1-2H3. The lowest BCUT2D eigenvalue weighted by atomic mass is 10.1. The quantitative estimate of drug-likeness (QED) is 0.900. The molecule has 0 aliphatic rings. The Morgan fingerprint density at radius 1 is 1.42 bits per heavy atom. The van der Waals surface area contributed by atoms with E-state index in [1.807, 2.05) is 6.92 Å². The van der Waals surface area contributed by atoms with E-state index < -0.39 is 0 Å². The third-order valence-corrected chi connectivity index (χ3v) is 3.16. The molecule has 0 fully saturated rings. The Bertz CT molecular complexity index is 553. The molecule has 4 nitrogen and oxygen atoms in total. The number of hydrogen-bond donors (Lipinski definition) is 1.